The molecule has 11 rings (SSSR count). The fourth-order valence-corrected chi connectivity index (χ4v) is 9.61. The van der Waals surface area contributed by atoms with Gasteiger partial charge in [0.15, 0.2) is 0 Å². The Morgan fingerprint density at radius 2 is 0.787 bits per heavy atom. The van der Waals surface area contributed by atoms with Crippen molar-refractivity contribution in [2.45, 2.75) is 12.3 Å². The van der Waals surface area contributed by atoms with Crippen LogP contribution in [0.2, 0.25) is 0 Å². The smallest absolute Gasteiger partial charge is 0.0543 e. The number of rotatable bonds is 8. The molecule has 1 aliphatic carbocycles. The van der Waals surface area contributed by atoms with Crippen LogP contribution in [0.25, 0.3) is 66.4 Å². The van der Waals surface area contributed by atoms with E-state index in [9.17, 15) is 0 Å². The zero-order chi connectivity index (χ0) is 40.8. The summed E-state index contributed by atoms with van der Waals surface area (Å²) in [6, 6.07) is 88.7. The monoisotopic (exact) mass is 777 g/mol. The number of hydrogen-bond acceptors (Lipinski definition) is 1. The maximum Gasteiger partial charge on any atom is 0.0543 e. The Kier molecular flexibility index (Phi) is 9.02. The summed E-state index contributed by atoms with van der Waals surface area (Å²) in [5.74, 6) is 0. The zero-order valence-electron chi connectivity index (χ0n) is 34.0. The van der Waals surface area contributed by atoms with Crippen LogP contribution < -0.4 is 4.90 Å². The second kappa shape index (κ2) is 15.1. The summed E-state index contributed by atoms with van der Waals surface area (Å²) in [5, 5.41) is 2.51. The molecule has 0 fully saturated rings. The quantitative estimate of drug-likeness (QED) is 0.149. The van der Waals surface area contributed by atoms with E-state index < -0.39 is 0 Å². The van der Waals surface area contributed by atoms with Gasteiger partial charge in [0.2, 0.25) is 0 Å². The van der Waals surface area contributed by atoms with Gasteiger partial charge in [0.25, 0.3) is 0 Å². The SMILES string of the molecule is CC1(c2ccccc2)c2ccccc2-c2c(N(c3ccc(-c4ccc(-c5ccccc5)cc4)cc3)c3ccccc3-c3ccc(-c4ccc5ccccc5c4)cc3)cccc21. The number of nitrogens with zero attached hydrogens (tertiary/aromatic N) is 1. The molecule has 10 aromatic carbocycles. The summed E-state index contributed by atoms with van der Waals surface area (Å²) >= 11 is 0. The van der Waals surface area contributed by atoms with Crippen LogP contribution in [-0.4, -0.2) is 0 Å². The van der Waals surface area contributed by atoms with E-state index >= 15 is 0 Å². The number of benzene rings is 10. The third-order valence-corrected chi connectivity index (χ3v) is 12.8. The summed E-state index contributed by atoms with van der Waals surface area (Å²) in [6.45, 7) is 2.39. The number of fused-ring (bicyclic) bond motifs is 4. The van der Waals surface area contributed by atoms with Crippen molar-refractivity contribution < 1.29 is 0 Å². The van der Waals surface area contributed by atoms with Gasteiger partial charge in [-0.1, -0.05) is 212 Å². The van der Waals surface area contributed by atoms with Crippen molar-refractivity contribution in [2.75, 3.05) is 4.90 Å². The molecule has 0 saturated carbocycles. The number of para-hydroxylation sites is 1. The van der Waals surface area contributed by atoms with E-state index in [-0.39, 0.29) is 5.41 Å². The maximum absolute atomic E-state index is 2.49. The minimum absolute atomic E-state index is 0.317. The largest absolute Gasteiger partial charge is 0.309 e. The molecule has 0 aromatic heterocycles. The first kappa shape index (κ1) is 36.3. The van der Waals surface area contributed by atoms with E-state index in [1.165, 1.54) is 83.1 Å². The molecule has 1 nitrogen and oxygen atoms in total. The molecule has 288 valence electrons. The van der Waals surface area contributed by atoms with Crippen molar-refractivity contribution in [2.24, 2.45) is 0 Å². The highest BCUT2D eigenvalue weighted by Crippen LogP contribution is 2.57. The topological polar surface area (TPSA) is 3.24 Å². The highest BCUT2D eigenvalue weighted by atomic mass is 15.1. The van der Waals surface area contributed by atoms with Crippen LogP contribution in [0.3, 0.4) is 0 Å². The van der Waals surface area contributed by atoms with E-state index in [4.69, 9.17) is 0 Å². The van der Waals surface area contributed by atoms with Crippen LogP contribution in [0.4, 0.5) is 17.1 Å². The molecule has 10 aromatic rings. The molecule has 1 atom stereocenters. The van der Waals surface area contributed by atoms with Gasteiger partial charge in [0.1, 0.15) is 0 Å². The highest BCUT2D eigenvalue weighted by Gasteiger charge is 2.42. The van der Waals surface area contributed by atoms with Crippen LogP contribution in [0, 0.1) is 0 Å². The lowest BCUT2D eigenvalue weighted by Gasteiger charge is -2.31. The molecule has 0 heterocycles. The predicted octanol–water partition coefficient (Wildman–Crippen LogP) is 16.3. The standard InChI is InChI=1S/C60H43N/c1-60(51-19-6-3-7-20-51)55-23-12-10-22-54(55)59-56(60)24-14-26-58(59)61(52-39-37-46(38-40-52)45-29-27-44(28-30-45)42-15-4-2-5-16-42)57-25-13-11-21-53(57)48-34-31-47(32-35-48)50-36-33-43-17-8-9-18-49(43)41-50/h2-41H,1H3. The van der Waals surface area contributed by atoms with E-state index in [1.807, 2.05) is 0 Å². The second-order valence-electron chi connectivity index (χ2n) is 16.2. The molecule has 0 radical (unpaired) electrons. The Bertz CT molecular complexity index is 3170. The first-order valence-electron chi connectivity index (χ1n) is 21.2. The Balaban J connectivity index is 1.06. The first-order valence-corrected chi connectivity index (χ1v) is 21.2. The van der Waals surface area contributed by atoms with Crippen LogP contribution in [-0.2, 0) is 5.41 Å². The summed E-state index contributed by atoms with van der Waals surface area (Å²) < 4.78 is 0. The lowest BCUT2D eigenvalue weighted by molar-refractivity contribution is 0.714. The van der Waals surface area contributed by atoms with E-state index in [0.717, 1.165) is 17.1 Å². The van der Waals surface area contributed by atoms with Crippen molar-refractivity contribution >= 4 is 27.8 Å². The Morgan fingerprint density at radius 3 is 1.49 bits per heavy atom. The summed E-state index contributed by atoms with van der Waals surface area (Å²) in [7, 11) is 0. The molecule has 1 unspecified atom stereocenters. The van der Waals surface area contributed by atoms with Crippen LogP contribution in [0.5, 0.6) is 0 Å². The normalized spacial score (nSPS) is 14.0. The Hall–Kier alpha value is -7.74. The van der Waals surface area contributed by atoms with Crippen molar-refractivity contribution in [3.63, 3.8) is 0 Å². The minimum atomic E-state index is -0.317. The highest BCUT2D eigenvalue weighted by molar-refractivity contribution is 5.99. The third kappa shape index (κ3) is 6.34. The van der Waals surface area contributed by atoms with Gasteiger partial charge in [-0.2, -0.15) is 0 Å². The van der Waals surface area contributed by atoms with E-state index in [2.05, 4.69) is 254 Å². The van der Waals surface area contributed by atoms with Gasteiger partial charge in [-0.15, -0.1) is 0 Å². The lowest BCUT2D eigenvalue weighted by atomic mass is 9.74. The average molecular weight is 778 g/mol. The van der Waals surface area contributed by atoms with Gasteiger partial charge in [-0.3, -0.25) is 0 Å². The number of hydrogen-bond donors (Lipinski definition) is 0. The predicted molar refractivity (Wildman–Crippen MR) is 258 cm³/mol. The molecular formula is C60H43N. The van der Waals surface area contributed by atoms with Gasteiger partial charge < -0.3 is 4.90 Å². The molecule has 0 spiro atoms. The zero-order valence-corrected chi connectivity index (χ0v) is 34.0. The fraction of sp³-hybridized carbons (Fsp3) is 0.0333. The van der Waals surface area contributed by atoms with Crippen LogP contribution >= 0.6 is 0 Å². The van der Waals surface area contributed by atoms with Crippen molar-refractivity contribution in [3.05, 3.63) is 259 Å². The third-order valence-electron chi connectivity index (χ3n) is 12.8. The van der Waals surface area contributed by atoms with E-state index in [1.54, 1.807) is 0 Å². The van der Waals surface area contributed by atoms with Gasteiger partial charge in [0, 0.05) is 22.2 Å². The molecule has 0 bridgehead atoms. The molecule has 0 amide bonds. The summed E-state index contributed by atoms with van der Waals surface area (Å²) in [4.78, 5) is 2.49. The molecule has 61 heavy (non-hydrogen) atoms. The molecule has 0 aliphatic heterocycles. The Morgan fingerprint density at radius 1 is 0.311 bits per heavy atom. The van der Waals surface area contributed by atoms with Crippen LogP contribution in [0.1, 0.15) is 23.6 Å². The molecule has 0 N–H and O–H groups in total. The van der Waals surface area contributed by atoms with Gasteiger partial charge >= 0.3 is 0 Å². The summed E-state index contributed by atoms with van der Waals surface area (Å²) in [5.41, 5.74) is 19.1. The minimum Gasteiger partial charge on any atom is -0.309 e. The van der Waals surface area contributed by atoms with Gasteiger partial charge in [-0.05, 0) is 109 Å². The van der Waals surface area contributed by atoms with Gasteiger partial charge in [0.05, 0.1) is 11.4 Å². The van der Waals surface area contributed by atoms with Gasteiger partial charge in [-0.25, -0.2) is 0 Å². The number of anilines is 3. The molecule has 1 aliphatic rings. The lowest BCUT2D eigenvalue weighted by Crippen LogP contribution is -2.22. The molecule has 0 saturated heterocycles. The Labute approximate surface area is 358 Å². The second-order valence-corrected chi connectivity index (χ2v) is 16.2. The fourth-order valence-electron chi connectivity index (χ4n) is 9.61. The first-order chi connectivity index (χ1) is 30.1. The van der Waals surface area contributed by atoms with Crippen LogP contribution in [0.15, 0.2) is 243 Å². The maximum atomic E-state index is 2.49. The van der Waals surface area contributed by atoms with Crippen molar-refractivity contribution in [1.29, 1.82) is 0 Å². The molecule has 1 heteroatoms. The average Bonchev–Trinajstić information content (AvgIpc) is 3.61. The molecular weight excluding hydrogens is 735 g/mol. The van der Waals surface area contributed by atoms with Crippen molar-refractivity contribution in [1.82, 2.24) is 0 Å². The van der Waals surface area contributed by atoms with E-state index in [0.29, 0.717) is 0 Å². The van der Waals surface area contributed by atoms with Crippen molar-refractivity contribution in [3.8, 4) is 55.6 Å². The summed E-state index contributed by atoms with van der Waals surface area (Å²) in [6.07, 6.45) is 0.